The number of hydrogen-bond donors (Lipinski definition) is 1. The minimum atomic E-state index is -3.62. The monoisotopic (exact) mass is 318 g/mol. The first-order chi connectivity index (χ1) is 10.3. The van der Waals surface area contributed by atoms with Crippen molar-refractivity contribution in [1.82, 2.24) is 4.83 Å². The van der Waals surface area contributed by atoms with E-state index in [1.165, 1.54) is 0 Å². The number of nitrogens with one attached hydrogen (secondary N) is 1. The highest BCUT2D eigenvalue weighted by Crippen LogP contribution is 2.26. The Morgan fingerprint density at radius 1 is 1.27 bits per heavy atom. The number of aryl methyl sites for hydroxylation is 1. The molecule has 4 nitrogen and oxygen atoms in total. The van der Waals surface area contributed by atoms with Gasteiger partial charge in [-0.25, -0.2) is 0 Å². The summed E-state index contributed by atoms with van der Waals surface area (Å²) in [6, 6.07) is 6.70. The lowest BCUT2D eigenvalue weighted by molar-refractivity contribution is 0.583. The molecule has 1 aromatic carbocycles. The molecule has 0 radical (unpaired) electrons. The van der Waals surface area contributed by atoms with E-state index in [1.54, 1.807) is 24.3 Å². The van der Waals surface area contributed by atoms with Crippen molar-refractivity contribution in [3.8, 4) is 0 Å². The zero-order valence-electron chi connectivity index (χ0n) is 13.3. The maximum atomic E-state index is 12.3. The normalized spacial score (nSPS) is 20.6. The van der Waals surface area contributed by atoms with Crippen LogP contribution in [0, 0.1) is 12.8 Å². The molecule has 0 aromatic heterocycles. The van der Waals surface area contributed by atoms with E-state index in [0.717, 1.165) is 28.8 Å². The van der Waals surface area contributed by atoms with Crippen molar-refractivity contribution >= 4 is 15.7 Å². The van der Waals surface area contributed by atoms with Gasteiger partial charge in [0.05, 0.1) is 10.6 Å². The lowest BCUT2D eigenvalue weighted by atomic mass is 9.85. The van der Waals surface area contributed by atoms with E-state index >= 15 is 0 Å². The van der Waals surface area contributed by atoms with Crippen molar-refractivity contribution < 1.29 is 8.42 Å². The number of allylic oxidation sites excluding steroid dienone is 3. The molecule has 0 heterocycles. The molecule has 1 aromatic rings. The van der Waals surface area contributed by atoms with Gasteiger partial charge >= 0.3 is 0 Å². The minimum Gasteiger partial charge on any atom is -0.200 e. The number of hydrazone groups is 1. The highest BCUT2D eigenvalue weighted by molar-refractivity contribution is 7.89. The van der Waals surface area contributed by atoms with Gasteiger partial charge in [0.1, 0.15) is 0 Å². The van der Waals surface area contributed by atoms with E-state index in [1.807, 2.05) is 20.8 Å². The first-order valence-electron chi connectivity index (χ1n) is 7.27. The van der Waals surface area contributed by atoms with Crippen LogP contribution in [0.1, 0.15) is 32.3 Å². The Hall–Kier alpha value is -1.88. The first-order valence-corrected chi connectivity index (χ1v) is 8.75. The van der Waals surface area contributed by atoms with Crippen LogP contribution in [-0.4, -0.2) is 14.1 Å². The molecule has 22 heavy (non-hydrogen) atoms. The fourth-order valence-electron chi connectivity index (χ4n) is 2.31. The van der Waals surface area contributed by atoms with Gasteiger partial charge in [0.25, 0.3) is 10.0 Å². The van der Waals surface area contributed by atoms with Crippen molar-refractivity contribution in [1.29, 1.82) is 0 Å². The molecule has 1 aliphatic rings. The molecule has 1 aliphatic carbocycles. The topological polar surface area (TPSA) is 58.5 Å². The summed E-state index contributed by atoms with van der Waals surface area (Å²) in [5.41, 5.74) is 3.90. The third-order valence-electron chi connectivity index (χ3n) is 3.93. The lowest BCUT2D eigenvalue weighted by Gasteiger charge is -2.22. The van der Waals surface area contributed by atoms with Crippen LogP contribution in [-0.2, 0) is 10.0 Å². The van der Waals surface area contributed by atoms with E-state index < -0.39 is 10.0 Å². The predicted octanol–water partition coefficient (Wildman–Crippen LogP) is 3.56. The van der Waals surface area contributed by atoms with Crippen LogP contribution >= 0.6 is 0 Å². The Balaban J connectivity index is 2.19. The quantitative estimate of drug-likeness (QED) is 0.681. The lowest BCUT2D eigenvalue weighted by Crippen LogP contribution is -2.23. The largest absolute Gasteiger partial charge is 0.276 e. The molecule has 2 rings (SSSR count). The Kier molecular flexibility index (Phi) is 4.86. The van der Waals surface area contributed by atoms with Crippen molar-refractivity contribution in [2.75, 3.05) is 0 Å². The summed E-state index contributed by atoms with van der Waals surface area (Å²) in [5.74, 6) is 0.325. The molecule has 5 heteroatoms. The molecular weight excluding hydrogens is 296 g/mol. The Morgan fingerprint density at radius 3 is 2.50 bits per heavy atom. The number of benzene rings is 1. The molecular formula is C17H22N2O2S. The average molecular weight is 318 g/mol. The number of nitrogens with zero attached hydrogens (tertiary/aromatic N) is 1. The minimum absolute atomic E-state index is 0.219. The second-order valence-corrected chi connectivity index (χ2v) is 7.50. The van der Waals surface area contributed by atoms with Crippen LogP contribution in [0.4, 0.5) is 0 Å². The SMILES string of the molecule is C=C(C)[C@@H]1CC=C(C)/C(=N/NS(=O)(=O)c2ccc(C)cc2)C1. The van der Waals surface area contributed by atoms with Crippen molar-refractivity contribution in [2.45, 2.75) is 38.5 Å². The van der Waals surface area contributed by atoms with Crippen LogP contribution < -0.4 is 4.83 Å². The molecule has 0 spiro atoms. The molecule has 0 saturated heterocycles. The highest BCUT2D eigenvalue weighted by atomic mass is 32.2. The zero-order valence-corrected chi connectivity index (χ0v) is 14.1. The molecule has 1 atom stereocenters. The van der Waals surface area contributed by atoms with E-state index in [9.17, 15) is 8.42 Å². The number of rotatable bonds is 4. The molecule has 0 saturated carbocycles. The summed E-state index contributed by atoms with van der Waals surface area (Å²) in [5, 5.41) is 4.14. The standard InChI is InChI=1S/C17H22N2O2S/c1-12(2)15-8-7-14(4)17(11-15)18-19-22(20,21)16-9-5-13(3)6-10-16/h5-7,9-10,15,19H,1,8,11H2,2-4H3/b18-17+/t15-/m1/s1. The van der Waals surface area contributed by atoms with Crippen LogP contribution in [0.25, 0.3) is 0 Å². The van der Waals surface area contributed by atoms with Crippen molar-refractivity contribution in [3.05, 3.63) is 53.6 Å². The van der Waals surface area contributed by atoms with E-state index in [-0.39, 0.29) is 4.90 Å². The third-order valence-corrected chi connectivity index (χ3v) is 5.16. The van der Waals surface area contributed by atoms with Gasteiger partial charge in [-0.2, -0.15) is 18.4 Å². The second-order valence-electron chi connectivity index (χ2n) is 5.84. The van der Waals surface area contributed by atoms with Gasteiger partial charge < -0.3 is 0 Å². The molecule has 0 amide bonds. The van der Waals surface area contributed by atoms with Crippen LogP contribution in [0.15, 0.2) is 58.1 Å². The summed E-state index contributed by atoms with van der Waals surface area (Å²) in [6.07, 6.45) is 3.74. The van der Waals surface area contributed by atoms with Crippen LogP contribution in [0.5, 0.6) is 0 Å². The zero-order chi connectivity index (χ0) is 16.3. The summed E-state index contributed by atoms with van der Waals surface area (Å²) in [6.45, 7) is 9.84. The Labute approximate surface area is 132 Å². The molecule has 0 fully saturated rings. The van der Waals surface area contributed by atoms with Gasteiger partial charge in [0.2, 0.25) is 0 Å². The van der Waals surface area contributed by atoms with Gasteiger partial charge in [0, 0.05) is 0 Å². The summed E-state index contributed by atoms with van der Waals surface area (Å²) >= 11 is 0. The molecule has 1 N–H and O–H groups in total. The number of sulfonamides is 1. The Bertz CT molecular complexity index is 728. The van der Waals surface area contributed by atoms with Gasteiger partial charge in [-0.15, -0.1) is 0 Å². The fraction of sp³-hybridized carbons (Fsp3) is 0.353. The molecule has 118 valence electrons. The van der Waals surface area contributed by atoms with Gasteiger partial charge in [-0.1, -0.05) is 35.9 Å². The third kappa shape index (κ3) is 3.85. The van der Waals surface area contributed by atoms with Gasteiger partial charge in [0.15, 0.2) is 0 Å². The van der Waals surface area contributed by atoms with Crippen LogP contribution in [0.3, 0.4) is 0 Å². The Morgan fingerprint density at radius 2 is 1.91 bits per heavy atom. The molecule has 0 bridgehead atoms. The van der Waals surface area contributed by atoms with E-state index in [0.29, 0.717) is 12.3 Å². The summed E-state index contributed by atoms with van der Waals surface area (Å²) in [4.78, 5) is 2.56. The average Bonchev–Trinajstić information content (AvgIpc) is 2.46. The molecule has 0 unspecified atom stereocenters. The smallest absolute Gasteiger partial charge is 0.200 e. The van der Waals surface area contributed by atoms with Gasteiger partial charge in [-0.3, -0.25) is 0 Å². The van der Waals surface area contributed by atoms with Gasteiger partial charge in [-0.05, 0) is 57.2 Å². The second kappa shape index (κ2) is 6.48. The van der Waals surface area contributed by atoms with Crippen molar-refractivity contribution in [3.63, 3.8) is 0 Å². The van der Waals surface area contributed by atoms with E-state index in [2.05, 4.69) is 22.6 Å². The number of hydrogen-bond acceptors (Lipinski definition) is 3. The van der Waals surface area contributed by atoms with Crippen LogP contribution in [0.2, 0.25) is 0 Å². The fourth-order valence-corrected chi connectivity index (χ4v) is 3.14. The first kappa shape index (κ1) is 16.5. The predicted molar refractivity (Wildman–Crippen MR) is 90.2 cm³/mol. The van der Waals surface area contributed by atoms with Crippen molar-refractivity contribution in [2.24, 2.45) is 11.0 Å². The van der Waals surface area contributed by atoms with E-state index in [4.69, 9.17) is 0 Å². The summed E-state index contributed by atoms with van der Waals surface area (Å²) in [7, 11) is -3.62. The molecule has 0 aliphatic heterocycles. The maximum absolute atomic E-state index is 12.3. The summed E-state index contributed by atoms with van der Waals surface area (Å²) < 4.78 is 24.5. The highest BCUT2D eigenvalue weighted by Gasteiger charge is 2.20. The maximum Gasteiger partial charge on any atom is 0.276 e.